The van der Waals surface area contributed by atoms with Gasteiger partial charge in [-0.1, -0.05) is 37.3 Å². The number of hydrogen-bond donors (Lipinski definition) is 0. The molecule has 0 radical (unpaired) electrons. The molecule has 1 atom stereocenters. The summed E-state index contributed by atoms with van der Waals surface area (Å²) in [6, 6.07) is 10.2. The first kappa shape index (κ1) is 15.0. The minimum atomic E-state index is -0.0585. The molecule has 1 unspecified atom stereocenters. The van der Waals surface area contributed by atoms with Crippen molar-refractivity contribution in [3.63, 3.8) is 0 Å². The summed E-state index contributed by atoms with van der Waals surface area (Å²) >= 11 is 5.78. The molecule has 0 aliphatic rings. The molecule has 0 heterocycles. The second-order valence-electron chi connectivity index (χ2n) is 4.69. The Morgan fingerprint density at radius 3 is 2.33 bits per heavy atom. The van der Waals surface area contributed by atoms with E-state index < -0.39 is 0 Å². The van der Waals surface area contributed by atoms with E-state index in [0.29, 0.717) is 12.4 Å². The third kappa shape index (κ3) is 3.74. The van der Waals surface area contributed by atoms with Gasteiger partial charge in [0, 0.05) is 18.5 Å². The number of carbonyl (C=O) groups excluding carboxylic acids is 1. The zero-order valence-corrected chi connectivity index (χ0v) is 12.2. The Labute approximate surface area is 115 Å². The Hall–Kier alpha value is -1.02. The molecule has 0 fully saturated rings. The summed E-state index contributed by atoms with van der Waals surface area (Å²) in [6.45, 7) is 6.72. The second kappa shape index (κ2) is 7.42. The topological polar surface area (TPSA) is 20.3 Å². The molecule has 1 aromatic rings. The largest absolute Gasteiger partial charge is 0.339 e. The maximum atomic E-state index is 12.6. The summed E-state index contributed by atoms with van der Waals surface area (Å²) in [6.07, 6.45) is 0.814. The molecule has 1 aromatic carbocycles. The Morgan fingerprint density at radius 1 is 1.28 bits per heavy atom. The molecular weight excluding hydrogens is 246 g/mol. The van der Waals surface area contributed by atoms with Crippen molar-refractivity contribution in [3.8, 4) is 0 Å². The van der Waals surface area contributed by atoms with Gasteiger partial charge >= 0.3 is 0 Å². The molecule has 0 aromatic heterocycles. The smallest absolute Gasteiger partial charge is 0.230 e. The summed E-state index contributed by atoms with van der Waals surface area (Å²) in [5.74, 6) is 0.603. The molecule has 0 saturated heterocycles. The van der Waals surface area contributed by atoms with Crippen LogP contribution >= 0.6 is 11.6 Å². The number of carbonyl (C=O) groups is 1. The fraction of sp³-hybridized carbons (Fsp3) is 0.533. The van der Waals surface area contributed by atoms with E-state index in [2.05, 4.69) is 6.92 Å². The molecule has 0 bridgehead atoms. The van der Waals surface area contributed by atoms with Crippen LogP contribution in [0.25, 0.3) is 0 Å². The summed E-state index contributed by atoms with van der Waals surface area (Å²) in [4.78, 5) is 14.4. The molecule has 18 heavy (non-hydrogen) atoms. The minimum Gasteiger partial charge on any atom is -0.339 e. The molecule has 0 saturated carbocycles. The first-order chi connectivity index (χ1) is 8.61. The first-order valence-electron chi connectivity index (χ1n) is 6.53. The predicted molar refractivity (Wildman–Crippen MR) is 77.0 cm³/mol. The normalized spacial score (nSPS) is 12.5. The molecule has 1 amide bonds. The van der Waals surface area contributed by atoms with E-state index in [-0.39, 0.29) is 17.9 Å². The molecule has 0 aliphatic carbocycles. The van der Waals surface area contributed by atoms with Crippen LogP contribution in [-0.4, -0.2) is 29.3 Å². The van der Waals surface area contributed by atoms with Gasteiger partial charge in [0.1, 0.15) is 0 Å². The van der Waals surface area contributed by atoms with Crippen LogP contribution in [0.2, 0.25) is 0 Å². The highest BCUT2D eigenvalue weighted by Crippen LogP contribution is 2.23. The van der Waals surface area contributed by atoms with Gasteiger partial charge in [0.25, 0.3) is 0 Å². The maximum absolute atomic E-state index is 12.6. The highest BCUT2D eigenvalue weighted by Gasteiger charge is 2.25. The highest BCUT2D eigenvalue weighted by atomic mass is 35.5. The standard InChI is InChI=1S/C15H22ClNO/c1-4-14(13-8-6-5-7-9-13)15(18)17(11-10-16)12(2)3/h5-9,12,14H,4,10-11H2,1-3H3. The SMILES string of the molecule is CCC(C(=O)N(CCCl)C(C)C)c1ccccc1. The van der Waals surface area contributed by atoms with Gasteiger partial charge < -0.3 is 4.90 Å². The van der Waals surface area contributed by atoms with Crippen LogP contribution in [0, 0.1) is 0 Å². The number of rotatable bonds is 6. The van der Waals surface area contributed by atoms with Crippen molar-refractivity contribution in [1.82, 2.24) is 4.90 Å². The number of halogens is 1. The van der Waals surface area contributed by atoms with E-state index >= 15 is 0 Å². The van der Waals surface area contributed by atoms with Crippen molar-refractivity contribution < 1.29 is 4.79 Å². The van der Waals surface area contributed by atoms with E-state index in [0.717, 1.165) is 12.0 Å². The summed E-state index contributed by atoms with van der Waals surface area (Å²) in [7, 11) is 0. The van der Waals surface area contributed by atoms with Gasteiger partial charge in [0.2, 0.25) is 5.91 Å². The van der Waals surface area contributed by atoms with Crippen molar-refractivity contribution >= 4 is 17.5 Å². The summed E-state index contributed by atoms with van der Waals surface area (Å²) < 4.78 is 0. The van der Waals surface area contributed by atoms with Crippen molar-refractivity contribution in [2.24, 2.45) is 0 Å². The van der Waals surface area contributed by atoms with Crippen LogP contribution in [0.15, 0.2) is 30.3 Å². The monoisotopic (exact) mass is 267 g/mol. The second-order valence-corrected chi connectivity index (χ2v) is 5.06. The third-order valence-electron chi connectivity index (χ3n) is 3.14. The van der Waals surface area contributed by atoms with Crippen molar-refractivity contribution in [1.29, 1.82) is 0 Å². The van der Waals surface area contributed by atoms with E-state index in [9.17, 15) is 4.79 Å². The van der Waals surface area contributed by atoms with Gasteiger partial charge in [0.05, 0.1) is 5.92 Å². The minimum absolute atomic E-state index is 0.0585. The van der Waals surface area contributed by atoms with Crippen LogP contribution in [0.3, 0.4) is 0 Å². The lowest BCUT2D eigenvalue weighted by Gasteiger charge is -2.30. The van der Waals surface area contributed by atoms with Crippen LogP contribution < -0.4 is 0 Å². The Bertz CT molecular complexity index is 364. The van der Waals surface area contributed by atoms with Crippen LogP contribution in [0.1, 0.15) is 38.7 Å². The lowest BCUT2D eigenvalue weighted by Crippen LogP contribution is -2.41. The van der Waals surface area contributed by atoms with Crippen LogP contribution in [-0.2, 0) is 4.79 Å². The average molecular weight is 268 g/mol. The van der Waals surface area contributed by atoms with E-state index in [1.807, 2.05) is 49.1 Å². The van der Waals surface area contributed by atoms with Crippen molar-refractivity contribution in [2.75, 3.05) is 12.4 Å². The molecular formula is C15H22ClNO. The highest BCUT2D eigenvalue weighted by molar-refractivity contribution is 6.18. The number of alkyl halides is 1. The van der Waals surface area contributed by atoms with Gasteiger partial charge in [-0.05, 0) is 25.8 Å². The lowest BCUT2D eigenvalue weighted by molar-refractivity contribution is -0.134. The van der Waals surface area contributed by atoms with Crippen LogP contribution in [0.4, 0.5) is 0 Å². The van der Waals surface area contributed by atoms with E-state index in [1.165, 1.54) is 0 Å². The maximum Gasteiger partial charge on any atom is 0.230 e. The molecule has 2 nitrogen and oxygen atoms in total. The number of nitrogens with zero attached hydrogens (tertiary/aromatic N) is 1. The molecule has 100 valence electrons. The first-order valence-corrected chi connectivity index (χ1v) is 7.06. The number of benzene rings is 1. The lowest BCUT2D eigenvalue weighted by atomic mass is 9.94. The van der Waals surface area contributed by atoms with Gasteiger partial charge in [-0.3, -0.25) is 4.79 Å². The van der Waals surface area contributed by atoms with Gasteiger partial charge in [-0.25, -0.2) is 0 Å². The number of amides is 1. The summed E-state index contributed by atoms with van der Waals surface area (Å²) in [5, 5.41) is 0. The molecule has 0 N–H and O–H groups in total. The van der Waals surface area contributed by atoms with Crippen molar-refractivity contribution in [3.05, 3.63) is 35.9 Å². The summed E-state index contributed by atoms with van der Waals surface area (Å²) in [5.41, 5.74) is 1.09. The quantitative estimate of drug-likeness (QED) is 0.721. The molecule has 3 heteroatoms. The Morgan fingerprint density at radius 2 is 1.89 bits per heavy atom. The fourth-order valence-corrected chi connectivity index (χ4v) is 2.33. The third-order valence-corrected chi connectivity index (χ3v) is 3.31. The van der Waals surface area contributed by atoms with Crippen LogP contribution in [0.5, 0.6) is 0 Å². The van der Waals surface area contributed by atoms with E-state index in [4.69, 9.17) is 11.6 Å². The molecule has 0 spiro atoms. The van der Waals surface area contributed by atoms with Gasteiger partial charge in [-0.15, -0.1) is 11.6 Å². The van der Waals surface area contributed by atoms with Gasteiger partial charge in [0.15, 0.2) is 0 Å². The fourth-order valence-electron chi connectivity index (χ4n) is 2.15. The van der Waals surface area contributed by atoms with Crippen molar-refractivity contribution in [2.45, 2.75) is 39.2 Å². The van der Waals surface area contributed by atoms with Gasteiger partial charge in [-0.2, -0.15) is 0 Å². The van der Waals surface area contributed by atoms with E-state index in [1.54, 1.807) is 0 Å². The molecule has 0 aliphatic heterocycles. The predicted octanol–water partition coefficient (Wildman–Crippen LogP) is 3.66. The Kier molecular flexibility index (Phi) is 6.20. The number of hydrogen-bond acceptors (Lipinski definition) is 1. The molecule has 1 rings (SSSR count). The zero-order chi connectivity index (χ0) is 13.5. The average Bonchev–Trinajstić information content (AvgIpc) is 2.37. The Balaban J connectivity index is 2.90. The zero-order valence-electron chi connectivity index (χ0n) is 11.4.